The molecule has 0 bridgehead atoms. The van der Waals surface area contributed by atoms with Crippen LogP contribution < -0.4 is 9.64 Å². The van der Waals surface area contributed by atoms with Gasteiger partial charge in [-0.15, -0.1) is 0 Å². The van der Waals surface area contributed by atoms with Crippen LogP contribution in [-0.4, -0.2) is 31.5 Å². The SMILES string of the molecule is CCOC(=O)[C@@H]1[C@H]2C(=O)N(c3cccc(OC)c3)C(=O)[C@@]12c1ccc(Cl)cc1. The molecule has 1 aliphatic heterocycles. The zero-order valence-electron chi connectivity index (χ0n) is 15.3. The van der Waals surface area contributed by atoms with E-state index in [0.29, 0.717) is 22.0 Å². The van der Waals surface area contributed by atoms with E-state index < -0.39 is 35.0 Å². The van der Waals surface area contributed by atoms with Crippen molar-refractivity contribution in [2.45, 2.75) is 12.3 Å². The molecule has 1 saturated carbocycles. The molecule has 0 radical (unpaired) electrons. The summed E-state index contributed by atoms with van der Waals surface area (Å²) in [6, 6.07) is 13.4. The van der Waals surface area contributed by atoms with E-state index >= 15 is 0 Å². The highest BCUT2D eigenvalue weighted by Gasteiger charge is 2.83. The maximum absolute atomic E-state index is 13.5. The number of carbonyl (C=O) groups is 3. The van der Waals surface area contributed by atoms with Gasteiger partial charge in [-0.05, 0) is 36.8 Å². The number of hydrogen-bond donors (Lipinski definition) is 0. The van der Waals surface area contributed by atoms with Crippen molar-refractivity contribution in [2.24, 2.45) is 11.8 Å². The lowest BCUT2D eigenvalue weighted by Gasteiger charge is -2.22. The Bertz CT molecular complexity index is 973. The molecule has 1 aliphatic carbocycles. The molecule has 28 heavy (non-hydrogen) atoms. The summed E-state index contributed by atoms with van der Waals surface area (Å²) in [6.45, 7) is 1.87. The summed E-state index contributed by atoms with van der Waals surface area (Å²) in [5.41, 5.74) is -0.252. The molecule has 0 N–H and O–H groups in total. The van der Waals surface area contributed by atoms with Crippen molar-refractivity contribution < 1.29 is 23.9 Å². The van der Waals surface area contributed by atoms with Gasteiger partial charge in [0.2, 0.25) is 11.8 Å². The molecule has 2 aliphatic rings. The molecule has 6 nitrogen and oxygen atoms in total. The van der Waals surface area contributed by atoms with E-state index in [0.717, 1.165) is 4.90 Å². The fraction of sp³-hybridized carbons (Fsp3) is 0.286. The second-order valence-electron chi connectivity index (χ2n) is 6.76. The maximum atomic E-state index is 13.5. The average molecular weight is 400 g/mol. The van der Waals surface area contributed by atoms with Crippen LogP contribution in [0.1, 0.15) is 12.5 Å². The van der Waals surface area contributed by atoms with Gasteiger partial charge >= 0.3 is 5.97 Å². The molecular weight excluding hydrogens is 382 g/mol. The Labute approximate surface area is 167 Å². The fourth-order valence-corrected chi connectivity index (χ4v) is 4.30. The summed E-state index contributed by atoms with van der Waals surface area (Å²) in [4.78, 5) is 40.3. The molecule has 4 rings (SSSR count). The summed E-state index contributed by atoms with van der Waals surface area (Å²) in [5, 5.41) is 0.506. The summed E-state index contributed by atoms with van der Waals surface area (Å²) < 4.78 is 10.3. The van der Waals surface area contributed by atoms with Gasteiger partial charge in [-0.1, -0.05) is 29.8 Å². The summed E-state index contributed by atoms with van der Waals surface area (Å²) in [7, 11) is 1.51. The first-order valence-corrected chi connectivity index (χ1v) is 9.29. The van der Waals surface area contributed by atoms with Gasteiger partial charge in [-0.2, -0.15) is 0 Å². The van der Waals surface area contributed by atoms with E-state index in [1.165, 1.54) is 7.11 Å². The van der Waals surface area contributed by atoms with Crippen LogP contribution in [0.15, 0.2) is 48.5 Å². The number of benzene rings is 2. The predicted molar refractivity (Wildman–Crippen MR) is 102 cm³/mol. The third-order valence-corrected chi connectivity index (χ3v) is 5.67. The third kappa shape index (κ3) is 2.44. The van der Waals surface area contributed by atoms with Crippen molar-refractivity contribution in [1.82, 2.24) is 0 Å². The Morgan fingerprint density at radius 2 is 1.89 bits per heavy atom. The molecule has 7 heteroatoms. The van der Waals surface area contributed by atoms with Crippen LogP contribution in [0.25, 0.3) is 0 Å². The quantitative estimate of drug-likeness (QED) is 0.571. The Morgan fingerprint density at radius 3 is 2.54 bits per heavy atom. The van der Waals surface area contributed by atoms with Crippen molar-refractivity contribution in [2.75, 3.05) is 18.6 Å². The Balaban J connectivity index is 1.80. The molecular formula is C21H18ClNO5. The van der Waals surface area contributed by atoms with Gasteiger partial charge in [-0.3, -0.25) is 14.4 Å². The minimum Gasteiger partial charge on any atom is -0.497 e. The topological polar surface area (TPSA) is 72.9 Å². The summed E-state index contributed by atoms with van der Waals surface area (Å²) >= 11 is 5.98. The van der Waals surface area contributed by atoms with E-state index in [9.17, 15) is 14.4 Å². The smallest absolute Gasteiger partial charge is 0.311 e. The van der Waals surface area contributed by atoms with Crippen molar-refractivity contribution in [3.63, 3.8) is 0 Å². The first-order chi connectivity index (χ1) is 13.5. The zero-order chi connectivity index (χ0) is 20.1. The first kappa shape index (κ1) is 18.5. The number of fused-ring (bicyclic) bond motifs is 1. The molecule has 0 unspecified atom stereocenters. The molecule has 3 atom stereocenters. The van der Waals surface area contributed by atoms with E-state index in [-0.39, 0.29) is 6.61 Å². The molecule has 2 amide bonds. The highest BCUT2D eigenvalue weighted by atomic mass is 35.5. The first-order valence-electron chi connectivity index (χ1n) is 8.92. The Kier molecular flexibility index (Phi) is 4.38. The number of rotatable bonds is 5. The van der Waals surface area contributed by atoms with Gasteiger partial charge < -0.3 is 9.47 Å². The number of amides is 2. The maximum Gasteiger partial charge on any atom is 0.311 e. The fourth-order valence-electron chi connectivity index (χ4n) is 4.17. The van der Waals surface area contributed by atoms with Crippen LogP contribution in [0.5, 0.6) is 5.75 Å². The number of halogens is 1. The zero-order valence-corrected chi connectivity index (χ0v) is 16.1. The van der Waals surface area contributed by atoms with Gasteiger partial charge in [0, 0.05) is 11.1 Å². The van der Waals surface area contributed by atoms with Crippen LogP contribution in [0, 0.1) is 11.8 Å². The van der Waals surface area contributed by atoms with E-state index in [2.05, 4.69) is 0 Å². The number of carbonyl (C=O) groups excluding carboxylic acids is 3. The summed E-state index contributed by atoms with van der Waals surface area (Å²) in [5.74, 6) is -2.46. The highest BCUT2D eigenvalue weighted by molar-refractivity contribution is 6.32. The predicted octanol–water partition coefficient (Wildman–Crippen LogP) is 2.97. The largest absolute Gasteiger partial charge is 0.497 e. The number of methoxy groups -OCH3 is 1. The molecule has 0 spiro atoms. The molecule has 2 aromatic carbocycles. The summed E-state index contributed by atoms with van der Waals surface area (Å²) in [6.07, 6.45) is 0. The standard InChI is InChI=1S/C21H18ClNO5/c1-3-28-19(25)17-16-18(24)23(14-5-4-6-15(11-14)27-2)20(26)21(16,17)12-7-9-13(22)10-8-12/h4-11,16-17H,3H2,1-2H3/t16-,17-,21+/m0/s1. The van der Waals surface area contributed by atoms with Crippen LogP contribution in [0.4, 0.5) is 5.69 Å². The van der Waals surface area contributed by atoms with Crippen molar-refractivity contribution in [3.05, 3.63) is 59.1 Å². The number of anilines is 1. The molecule has 2 aromatic rings. The number of ether oxygens (including phenoxy) is 2. The van der Waals surface area contributed by atoms with Gasteiger partial charge in [0.1, 0.15) is 11.2 Å². The number of nitrogens with zero attached hydrogens (tertiary/aromatic N) is 1. The molecule has 1 saturated heterocycles. The monoisotopic (exact) mass is 399 g/mol. The minimum absolute atomic E-state index is 0.181. The molecule has 0 aromatic heterocycles. The molecule has 2 fully saturated rings. The van der Waals surface area contributed by atoms with Crippen molar-refractivity contribution in [1.29, 1.82) is 0 Å². The van der Waals surface area contributed by atoms with Gasteiger partial charge in [0.05, 0.1) is 31.2 Å². The van der Waals surface area contributed by atoms with Crippen LogP contribution in [0.3, 0.4) is 0 Å². The lowest BCUT2D eigenvalue weighted by atomic mass is 9.91. The van der Waals surface area contributed by atoms with E-state index in [1.807, 2.05) is 0 Å². The average Bonchev–Trinajstić information content (AvgIpc) is 3.34. The van der Waals surface area contributed by atoms with Crippen molar-refractivity contribution >= 4 is 35.1 Å². The lowest BCUT2D eigenvalue weighted by molar-refractivity contribution is -0.147. The number of imide groups is 1. The Morgan fingerprint density at radius 1 is 1.18 bits per heavy atom. The van der Waals surface area contributed by atoms with E-state index in [4.69, 9.17) is 21.1 Å². The highest BCUT2D eigenvalue weighted by Crippen LogP contribution is 2.66. The van der Waals surface area contributed by atoms with E-state index in [1.54, 1.807) is 55.5 Å². The van der Waals surface area contributed by atoms with Crippen LogP contribution in [-0.2, 0) is 24.5 Å². The Hall–Kier alpha value is -2.86. The van der Waals surface area contributed by atoms with Gasteiger partial charge in [-0.25, -0.2) is 4.90 Å². The number of piperidine rings is 1. The lowest BCUT2D eigenvalue weighted by Crippen LogP contribution is -2.40. The third-order valence-electron chi connectivity index (χ3n) is 5.42. The minimum atomic E-state index is -1.25. The van der Waals surface area contributed by atoms with Crippen LogP contribution >= 0.6 is 11.6 Å². The molecule has 144 valence electrons. The van der Waals surface area contributed by atoms with Gasteiger partial charge in [0.25, 0.3) is 0 Å². The van der Waals surface area contributed by atoms with Gasteiger partial charge in [0.15, 0.2) is 0 Å². The van der Waals surface area contributed by atoms with Crippen molar-refractivity contribution in [3.8, 4) is 5.75 Å². The normalized spacial score (nSPS) is 25.5. The number of esters is 1. The second-order valence-corrected chi connectivity index (χ2v) is 7.20. The molecule has 1 heterocycles. The second kappa shape index (κ2) is 6.63. The van der Waals surface area contributed by atoms with Crippen LogP contribution in [0.2, 0.25) is 5.02 Å². The number of hydrogen-bond acceptors (Lipinski definition) is 5.